The van der Waals surface area contributed by atoms with Crippen LogP contribution in [0, 0.1) is 17.2 Å². The number of benzene rings is 1. The summed E-state index contributed by atoms with van der Waals surface area (Å²) in [4.78, 5) is 2.46. The standard InChI is InChI=1S/C14H20N4/c1-2-18-6-5-11(10-18)9-17-14-4-3-13(16)7-12(14)8-15/h3-4,7,11,17H,2,5-6,9-10,16H2,1H3. The van der Waals surface area contributed by atoms with E-state index in [4.69, 9.17) is 11.0 Å². The van der Waals surface area contributed by atoms with Crippen LogP contribution < -0.4 is 11.1 Å². The molecule has 3 N–H and O–H groups in total. The Bertz CT molecular complexity index is 450. The monoisotopic (exact) mass is 244 g/mol. The van der Waals surface area contributed by atoms with E-state index in [9.17, 15) is 0 Å². The van der Waals surface area contributed by atoms with Crippen molar-refractivity contribution in [3.63, 3.8) is 0 Å². The molecule has 0 saturated carbocycles. The Labute approximate surface area is 108 Å². The van der Waals surface area contributed by atoms with Gasteiger partial charge in [-0.05, 0) is 43.6 Å². The highest BCUT2D eigenvalue weighted by Gasteiger charge is 2.20. The van der Waals surface area contributed by atoms with Crippen LogP contribution in [0.5, 0.6) is 0 Å². The second-order valence-corrected chi connectivity index (χ2v) is 4.85. The van der Waals surface area contributed by atoms with Gasteiger partial charge in [-0.1, -0.05) is 6.92 Å². The van der Waals surface area contributed by atoms with Crippen LogP contribution in [-0.2, 0) is 0 Å². The highest BCUT2D eigenvalue weighted by Crippen LogP contribution is 2.20. The van der Waals surface area contributed by atoms with Crippen molar-refractivity contribution >= 4 is 11.4 Å². The summed E-state index contributed by atoms with van der Waals surface area (Å²) >= 11 is 0. The van der Waals surface area contributed by atoms with E-state index in [1.54, 1.807) is 6.07 Å². The van der Waals surface area contributed by atoms with Gasteiger partial charge in [0.25, 0.3) is 0 Å². The van der Waals surface area contributed by atoms with Crippen LogP contribution in [0.15, 0.2) is 18.2 Å². The zero-order valence-electron chi connectivity index (χ0n) is 10.8. The number of nitrogens with zero attached hydrogens (tertiary/aromatic N) is 2. The molecular formula is C14H20N4. The minimum atomic E-state index is 0.625. The molecule has 1 unspecified atom stereocenters. The number of hydrogen-bond donors (Lipinski definition) is 2. The molecule has 0 aromatic heterocycles. The number of nitrogens with one attached hydrogen (secondary N) is 1. The SMILES string of the molecule is CCN1CCC(CNc2ccc(N)cc2C#N)C1. The molecule has 1 atom stereocenters. The highest BCUT2D eigenvalue weighted by molar-refractivity contribution is 5.62. The Morgan fingerprint density at radius 2 is 2.39 bits per heavy atom. The van der Waals surface area contributed by atoms with Crippen molar-refractivity contribution < 1.29 is 0 Å². The van der Waals surface area contributed by atoms with Gasteiger partial charge in [0.1, 0.15) is 6.07 Å². The molecular weight excluding hydrogens is 224 g/mol. The van der Waals surface area contributed by atoms with Crippen LogP contribution in [0.25, 0.3) is 0 Å². The van der Waals surface area contributed by atoms with E-state index < -0.39 is 0 Å². The zero-order chi connectivity index (χ0) is 13.0. The molecule has 1 heterocycles. The van der Waals surface area contributed by atoms with Gasteiger partial charge in [0, 0.05) is 18.8 Å². The summed E-state index contributed by atoms with van der Waals surface area (Å²) in [7, 11) is 0. The second-order valence-electron chi connectivity index (χ2n) is 4.85. The normalized spacial score (nSPS) is 19.7. The summed E-state index contributed by atoms with van der Waals surface area (Å²) in [6.45, 7) is 6.59. The van der Waals surface area contributed by atoms with Gasteiger partial charge in [-0.25, -0.2) is 0 Å². The molecule has 4 nitrogen and oxygen atoms in total. The van der Waals surface area contributed by atoms with E-state index in [2.05, 4.69) is 23.2 Å². The second kappa shape index (κ2) is 5.74. The summed E-state index contributed by atoms with van der Waals surface area (Å²) in [6, 6.07) is 7.62. The number of likely N-dealkylation sites (tertiary alicyclic amines) is 1. The molecule has 96 valence electrons. The Morgan fingerprint density at radius 1 is 1.56 bits per heavy atom. The molecule has 18 heavy (non-hydrogen) atoms. The third-order valence-electron chi connectivity index (χ3n) is 3.56. The minimum absolute atomic E-state index is 0.625. The predicted molar refractivity (Wildman–Crippen MR) is 74.3 cm³/mol. The van der Waals surface area contributed by atoms with Crippen molar-refractivity contribution in [2.24, 2.45) is 5.92 Å². The van der Waals surface area contributed by atoms with Crippen molar-refractivity contribution in [3.05, 3.63) is 23.8 Å². The largest absolute Gasteiger partial charge is 0.399 e. The maximum absolute atomic E-state index is 9.06. The number of nitrogens with two attached hydrogens (primary N) is 1. The fourth-order valence-electron chi connectivity index (χ4n) is 2.43. The first-order valence-corrected chi connectivity index (χ1v) is 6.48. The fourth-order valence-corrected chi connectivity index (χ4v) is 2.43. The van der Waals surface area contributed by atoms with Gasteiger partial charge in [0.05, 0.1) is 11.3 Å². The van der Waals surface area contributed by atoms with Gasteiger partial charge in [0.15, 0.2) is 0 Å². The van der Waals surface area contributed by atoms with Crippen molar-refractivity contribution in [2.45, 2.75) is 13.3 Å². The lowest BCUT2D eigenvalue weighted by Crippen LogP contribution is -2.22. The zero-order valence-corrected chi connectivity index (χ0v) is 10.8. The first kappa shape index (κ1) is 12.7. The van der Waals surface area contributed by atoms with Crippen molar-refractivity contribution in [3.8, 4) is 6.07 Å². The molecule has 0 radical (unpaired) electrons. The van der Waals surface area contributed by atoms with Gasteiger partial charge in [-0.3, -0.25) is 0 Å². The number of rotatable bonds is 4. The summed E-state index contributed by atoms with van der Waals surface area (Å²) in [5.74, 6) is 0.675. The number of nitrogen functional groups attached to an aromatic ring is 1. The summed E-state index contributed by atoms with van der Waals surface area (Å²) in [5.41, 5.74) is 7.82. The Morgan fingerprint density at radius 3 is 3.06 bits per heavy atom. The third-order valence-corrected chi connectivity index (χ3v) is 3.56. The van der Waals surface area contributed by atoms with Gasteiger partial charge in [-0.2, -0.15) is 5.26 Å². The summed E-state index contributed by atoms with van der Waals surface area (Å²) in [6.07, 6.45) is 1.23. The van der Waals surface area contributed by atoms with E-state index in [0.29, 0.717) is 17.2 Å². The fraction of sp³-hybridized carbons (Fsp3) is 0.500. The molecule has 1 aromatic rings. The van der Waals surface area contributed by atoms with Crippen LogP contribution in [0.2, 0.25) is 0 Å². The predicted octanol–water partition coefficient (Wildman–Crippen LogP) is 1.89. The quantitative estimate of drug-likeness (QED) is 0.794. The van der Waals surface area contributed by atoms with Crippen LogP contribution in [0.4, 0.5) is 11.4 Å². The summed E-state index contributed by atoms with van der Waals surface area (Å²) < 4.78 is 0. The lowest BCUT2D eigenvalue weighted by atomic mass is 10.1. The van der Waals surface area contributed by atoms with Crippen LogP contribution in [0.1, 0.15) is 18.9 Å². The molecule has 0 amide bonds. The number of nitriles is 1. The first-order valence-electron chi connectivity index (χ1n) is 6.48. The van der Waals surface area contributed by atoms with Crippen LogP contribution >= 0.6 is 0 Å². The third kappa shape index (κ3) is 2.93. The van der Waals surface area contributed by atoms with E-state index in [1.807, 2.05) is 12.1 Å². The lowest BCUT2D eigenvalue weighted by molar-refractivity contribution is 0.345. The topological polar surface area (TPSA) is 65.1 Å². The molecule has 1 fully saturated rings. The first-order chi connectivity index (χ1) is 8.72. The molecule has 0 aliphatic carbocycles. The number of anilines is 2. The maximum atomic E-state index is 9.06. The van der Waals surface area contributed by atoms with Gasteiger partial charge in [0.2, 0.25) is 0 Å². The molecule has 0 spiro atoms. The molecule has 1 aliphatic rings. The van der Waals surface area contributed by atoms with Crippen LogP contribution in [0.3, 0.4) is 0 Å². The Balaban J connectivity index is 1.93. The molecule has 1 saturated heterocycles. The van der Waals surface area contributed by atoms with Crippen molar-refractivity contribution in [2.75, 3.05) is 37.2 Å². The van der Waals surface area contributed by atoms with E-state index in [-0.39, 0.29) is 0 Å². The molecule has 0 bridgehead atoms. The van der Waals surface area contributed by atoms with Gasteiger partial charge >= 0.3 is 0 Å². The maximum Gasteiger partial charge on any atom is 0.101 e. The van der Waals surface area contributed by atoms with E-state index in [0.717, 1.165) is 25.3 Å². The molecule has 4 heteroatoms. The molecule has 1 aliphatic heterocycles. The van der Waals surface area contributed by atoms with Crippen molar-refractivity contribution in [1.82, 2.24) is 4.90 Å². The molecule has 2 rings (SSSR count). The summed E-state index contributed by atoms with van der Waals surface area (Å²) in [5, 5.41) is 12.4. The van der Waals surface area contributed by atoms with Gasteiger partial charge in [-0.15, -0.1) is 0 Å². The number of hydrogen-bond acceptors (Lipinski definition) is 4. The smallest absolute Gasteiger partial charge is 0.101 e. The average molecular weight is 244 g/mol. The highest BCUT2D eigenvalue weighted by atomic mass is 15.1. The Kier molecular flexibility index (Phi) is 4.06. The van der Waals surface area contributed by atoms with E-state index in [1.165, 1.54) is 13.0 Å². The van der Waals surface area contributed by atoms with Gasteiger partial charge < -0.3 is 16.0 Å². The average Bonchev–Trinajstić information content (AvgIpc) is 2.85. The minimum Gasteiger partial charge on any atom is -0.399 e. The van der Waals surface area contributed by atoms with E-state index >= 15 is 0 Å². The van der Waals surface area contributed by atoms with Crippen molar-refractivity contribution in [1.29, 1.82) is 5.26 Å². The van der Waals surface area contributed by atoms with Crippen LogP contribution in [-0.4, -0.2) is 31.1 Å². The lowest BCUT2D eigenvalue weighted by Gasteiger charge is -2.15. The Hall–Kier alpha value is -1.73. The molecule has 1 aromatic carbocycles.